The maximum absolute atomic E-state index is 12.9. The van der Waals surface area contributed by atoms with Crippen LogP contribution in [-0.2, 0) is 4.79 Å². The molecule has 1 aromatic carbocycles. The minimum absolute atomic E-state index is 0.0539. The van der Waals surface area contributed by atoms with Crippen molar-refractivity contribution in [3.8, 4) is 0 Å². The summed E-state index contributed by atoms with van der Waals surface area (Å²) in [5.74, 6) is 0.0539. The molecule has 2 N–H and O–H groups in total. The van der Waals surface area contributed by atoms with Crippen molar-refractivity contribution in [3.63, 3.8) is 0 Å². The van der Waals surface area contributed by atoms with Crippen LogP contribution in [0.3, 0.4) is 0 Å². The van der Waals surface area contributed by atoms with Gasteiger partial charge in [0, 0.05) is 18.8 Å². The fraction of sp³-hybridized carbons (Fsp3) is 0.412. The molecular weight excluding hydrogens is 294 g/mol. The molecule has 1 unspecified atom stereocenters. The number of benzene rings is 1. The van der Waals surface area contributed by atoms with Crippen LogP contribution in [0.4, 0.5) is 0 Å². The number of rotatable bonds is 4. The number of carbonyl (C=O) groups excluding carboxylic acids is 1. The van der Waals surface area contributed by atoms with Gasteiger partial charge in [0.2, 0.25) is 0 Å². The first-order chi connectivity index (χ1) is 10.5. The second-order valence-electron chi connectivity index (χ2n) is 5.40. The van der Waals surface area contributed by atoms with Crippen molar-refractivity contribution in [1.82, 2.24) is 15.5 Å². The minimum atomic E-state index is -0.206. The lowest BCUT2D eigenvalue weighted by atomic mass is 9.91. The first kappa shape index (κ1) is 16.5. The van der Waals surface area contributed by atoms with Crippen molar-refractivity contribution >= 4 is 23.2 Å². The van der Waals surface area contributed by atoms with Crippen molar-refractivity contribution in [2.24, 2.45) is 0 Å². The Morgan fingerprint density at radius 3 is 2.45 bits per heavy atom. The second kappa shape index (κ2) is 6.92. The van der Waals surface area contributed by atoms with E-state index in [1.807, 2.05) is 43.9 Å². The van der Waals surface area contributed by atoms with Crippen LogP contribution in [0, 0.1) is 6.92 Å². The third-order valence-corrected chi connectivity index (χ3v) is 4.27. The minimum Gasteiger partial charge on any atom is -0.351 e. The summed E-state index contributed by atoms with van der Waals surface area (Å²) in [6, 6.07) is 7.88. The molecule has 1 amide bonds. The van der Waals surface area contributed by atoms with Gasteiger partial charge in [-0.3, -0.25) is 4.79 Å². The highest BCUT2D eigenvalue weighted by atomic mass is 32.1. The van der Waals surface area contributed by atoms with Gasteiger partial charge in [0.25, 0.3) is 5.91 Å². The predicted molar refractivity (Wildman–Crippen MR) is 93.4 cm³/mol. The van der Waals surface area contributed by atoms with E-state index >= 15 is 0 Å². The van der Waals surface area contributed by atoms with E-state index in [4.69, 9.17) is 12.2 Å². The zero-order chi connectivity index (χ0) is 16.3. The molecule has 0 radical (unpaired) electrons. The molecular formula is C17H23N3OS. The summed E-state index contributed by atoms with van der Waals surface area (Å²) in [6.45, 7) is 9.34. The lowest BCUT2D eigenvalue weighted by Crippen LogP contribution is -2.47. The molecule has 1 aliphatic rings. The zero-order valence-electron chi connectivity index (χ0n) is 13.6. The number of nitrogens with zero attached hydrogens (tertiary/aromatic N) is 1. The molecule has 1 aliphatic heterocycles. The Balaban J connectivity index is 2.50. The number of thiocarbonyl (C=S) groups is 1. The quantitative estimate of drug-likeness (QED) is 0.838. The summed E-state index contributed by atoms with van der Waals surface area (Å²) in [5.41, 5.74) is 3.80. The smallest absolute Gasteiger partial charge is 0.253 e. The molecule has 2 rings (SSSR count). The number of allylic oxidation sites excluding steroid dienone is 1. The number of amides is 1. The highest BCUT2D eigenvalue weighted by molar-refractivity contribution is 7.80. The van der Waals surface area contributed by atoms with Crippen molar-refractivity contribution in [3.05, 3.63) is 46.7 Å². The lowest BCUT2D eigenvalue weighted by Gasteiger charge is -2.33. The summed E-state index contributed by atoms with van der Waals surface area (Å²) < 4.78 is 0. The second-order valence-corrected chi connectivity index (χ2v) is 5.81. The van der Waals surface area contributed by atoms with E-state index in [0.29, 0.717) is 18.2 Å². The zero-order valence-corrected chi connectivity index (χ0v) is 14.4. The van der Waals surface area contributed by atoms with E-state index in [9.17, 15) is 4.79 Å². The van der Waals surface area contributed by atoms with Gasteiger partial charge in [-0.05, 0) is 51.0 Å². The van der Waals surface area contributed by atoms with E-state index < -0.39 is 0 Å². The van der Waals surface area contributed by atoms with Crippen molar-refractivity contribution in [1.29, 1.82) is 0 Å². The monoisotopic (exact) mass is 317 g/mol. The standard InChI is InChI=1S/C17H23N3OS/c1-5-20(6-2)16(21)14-12(4)18-17(22)19-15(14)13-10-8-7-9-11(13)3/h7-10,15H,5-6H2,1-4H3,(H2,18,19,22). The van der Waals surface area contributed by atoms with Crippen LogP contribution in [0.5, 0.6) is 0 Å². The van der Waals surface area contributed by atoms with Crippen LogP contribution in [-0.4, -0.2) is 29.0 Å². The largest absolute Gasteiger partial charge is 0.351 e. The van der Waals surface area contributed by atoms with Crippen molar-refractivity contribution in [2.45, 2.75) is 33.7 Å². The first-order valence-corrected chi connectivity index (χ1v) is 8.03. The Morgan fingerprint density at radius 2 is 1.86 bits per heavy atom. The van der Waals surface area contributed by atoms with Crippen molar-refractivity contribution < 1.29 is 4.79 Å². The molecule has 118 valence electrons. The van der Waals surface area contributed by atoms with Gasteiger partial charge in [0.1, 0.15) is 0 Å². The molecule has 0 spiro atoms. The molecule has 0 saturated heterocycles. The Kier molecular flexibility index (Phi) is 5.19. The van der Waals surface area contributed by atoms with E-state index in [1.54, 1.807) is 0 Å². The molecule has 0 aromatic heterocycles. The van der Waals surface area contributed by atoms with E-state index in [2.05, 4.69) is 23.6 Å². The number of hydrogen-bond donors (Lipinski definition) is 2. The van der Waals surface area contributed by atoms with Gasteiger partial charge in [-0.15, -0.1) is 0 Å². The Hall–Kier alpha value is -1.88. The summed E-state index contributed by atoms with van der Waals surface area (Å²) in [6.07, 6.45) is 0. The Bertz CT molecular complexity index is 620. The van der Waals surface area contributed by atoms with Gasteiger partial charge in [-0.1, -0.05) is 24.3 Å². The van der Waals surface area contributed by atoms with Gasteiger partial charge in [0.15, 0.2) is 5.11 Å². The average molecular weight is 317 g/mol. The van der Waals surface area contributed by atoms with E-state index in [1.165, 1.54) is 0 Å². The van der Waals surface area contributed by atoms with Crippen LogP contribution >= 0.6 is 12.2 Å². The Morgan fingerprint density at radius 1 is 1.23 bits per heavy atom. The normalized spacial score (nSPS) is 17.8. The molecule has 0 aliphatic carbocycles. The SMILES string of the molecule is CCN(CC)C(=O)C1=C(C)NC(=S)NC1c1ccccc1C. The van der Waals surface area contributed by atoms with Gasteiger partial charge < -0.3 is 15.5 Å². The lowest BCUT2D eigenvalue weighted by molar-refractivity contribution is -0.127. The van der Waals surface area contributed by atoms with E-state index in [0.717, 1.165) is 22.4 Å². The van der Waals surface area contributed by atoms with Crippen LogP contribution < -0.4 is 10.6 Å². The number of aryl methyl sites for hydroxylation is 1. The molecule has 0 saturated carbocycles. The highest BCUT2D eigenvalue weighted by Crippen LogP contribution is 2.30. The van der Waals surface area contributed by atoms with Gasteiger partial charge in [0.05, 0.1) is 11.6 Å². The molecule has 5 heteroatoms. The predicted octanol–water partition coefficient (Wildman–Crippen LogP) is 2.66. The summed E-state index contributed by atoms with van der Waals surface area (Å²) >= 11 is 5.28. The van der Waals surface area contributed by atoms with Crippen LogP contribution in [0.1, 0.15) is 37.9 Å². The first-order valence-electron chi connectivity index (χ1n) is 7.62. The third-order valence-electron chi connectivity index (χ3n) is 4.05. The topological polar surface area (TPSA) is 44.4 Å². The van der Waals surface area contributed by atoms with Crippen molar-refractivity contribution in [2.75, 3.05) is 13.1 Å². The number of carbonyl (C=O) groups is 1. The summed E-state index contributed by atoms with van der Waals surface area (Å²) in [5, 5.41) is 6.90. The number of nitrogens with one attached hydrogen (secondary N) is 2. The molecule has 1 heterocycles. The van der Waals surface area contributed by atoms with Gasteiger partial charge >= 0.3 is 0 Å². The molecule has 0 bridgehead atoms. The number of likely N-dealkylation sites (N-methyl/N-ethyl adjacent to an activating group) is 1. The summed E-state index contributed by atoms with van der Waals surface area (Å²) in [7, 11) is 0. The van der Waals surface area contributed by atoms with Gasteiger partial charge in [-0.2, -0.15) is 0 Å². The number of hydrogen-bond acceptors (Lipinski definition) is 2. The van der Waals surface area contributed by atoms with Gasteiger partial charge in [-0.25, -0.2) is 0 Å². The maximum Gasteiger partial charge on any atom is 0.253 e. The maximum atomic E-state index is 12.9. The molecule has 22 heavy (non-hydrogen) atoms. The van der Waals surface area contributed by atoms with E-state index in [-0.39, 0.29) is 11.9 Å². The molecule has 1 atom stereocenters. The molecule has 0 fully saturated rings. The molecule has 4 nitrogen and oxygen atoms in total. The average Bonchev–Trinajstić information content (AvgIpc) is 2.48. The summed E-state index contributed by atoms with van der Waals surface area (Å²) in [4.78, 5) is 14.8. The highest BCUT2D eigenvalue weighted by Gasteiger charge is 2.32. The van der Waals surface area contributed by atoms with Crippen LogP contribution in [0.25, 0.3) is 0 Å². The Labute approximate surface area is 137 Å². The molecule has 1 aromatic rings. The fourth-order valence-electron chi connectivity index (χ4n) is 2.80. The van der Waals surface area contributed by atoms with Crippen LogP contribution in [0.15, 0.2) is 35.5 Å². The fourth-order valence-corrected chi connectivity index (χ4v) is 3.07. The third kappa shape index (κ3) is 3.14. The van der Waals surface area contributed by atoms with Crippen LogP contribution in [0.2, 0.25) is 0 Å².